The normalized spacial score (nSPS) is 10.4. The van der Waals surface area contributed by atoms with Gasteiger partial charge >= 0.3 is 0 Å². The average Bonchev–Trinajstić information content (AvgIpc) is 2.49. The van der Waals surface area contributed by atoms with Gasteiger partial charge in [-0.05, 0) is 18.9 Å². The van der Waals surface area contributed by atoms with Crippen molar-refractivity contribution in [3.8, 4) is 0 Å². The van der Waals surface area contributed by atoms with Gasteiger partial charge in [-0.1, -0.05) is 20.3 Å². The minimum absolute atomic E-state index is 0.219. The van der Waals surface area contributed by atoms with Gasteiger partial charge in [-0.3, -0.25) is 4.79 Å². The number of anilines is 1. The fourth-order valence-electron chi connectivity index (χ4n) is 1.68. The second kappa shape index (κ2) is 10.1. The smallest absolute Gasteiger partial charge is 0.255 e. The molecule has 0 bridgehead atoms. The highest BCUT2D eigenvalue weighted by Gasteiger charge is 2.13. The summed E-state index contributed by atoms with van der Waals surface area (Å²) < 4.78 is 18.6. The van der Waals surface area contributed by atoms with Crippen molar-refractivity contribution in [2.75, 3.05) is 31.6 Å². The third-order valence-corrected chi connectivity index (χ3v) is 2.82. The van der Waals surface area contributed by atoms with Crippen LogP contribution in [0, 0.1) is 5.82 Å². The molecule has 21 heavy (non-hydrogen) atoms. The van der Waals surface area contributed by atoms with Crippen molar-refractivity contribution in [3.05, 3.63) is 23.6 Å². The molecule has 0 aliphatic rings. The lowest BCUT2D eigenvalue weighted by Gasteiger charge is -2.11. The van der Waals surface area contributed by atoms with Gasteiger partial charge < -0.3 is 15.4 Å². The van der Waals surface area contributed by atoms with E-state index >= 15 is 0 Å². The standard InChI is InChI=1S/C15H24FN3O2/c1-3-5-8-21-9-7-18-15(20)13-10-12(16)11-19-14(13)17-6-4-2/h10-11H,3-9H2,1-2H3,(H,17,19)(H,18,20). The molecule has 0 spiro atoms. The lowest BCUT2D eigenvalue weighted by Crippen LogP contribution is -2.28. The first-order valence-electron chi connectivity index (χ1n) is 7.44. The number of halogens is 1. The molecule has 5 nitrogen and oxygen atoms in total. The molecule has 0 unspecified atom stereocenters. The zero-order valence-corrected chi connectivity index (χ0v) is 12.7. The highest BCUT2D eigenvalue weighted by atomic mass is 19.1. The molecule has 0 radical (unpaired) electrons. The Bertz CT molecular complexity index is 441. The van der Waals surface area contributed by atoms with Crippen LogP contribution in [0.25, 0.3) is 0 Å². The van der Waals surface area contributed by atoms with E-state index in [-0.39, 0.29) is 11.5 Å². The number of hydrogen-bond acceptors (Lipinski definition) is 4. The molecule has 6 heteroatoms. The molecule has 0 atom stereocenters. The quantitative estimate of drug-likeness (QED) is 0.652. The Morgan fingerprint density at radius 1 is 1.29 bits per heavy atom. The van der Waals surface area contributed by atoms with Gasteiger partial charge in [0, 0.05) is 19.7 Å². The molecule has 1 heterocycles. The minimum atomic E-state index is -0.526. The van der Waals surface area contributed by atoms with E-state index < -0.39 is 5.82 Å². The van der Waals surface area contributed by atoms with Gasteiger partial charge in [-0.2, -0.15) is 0 Å². The first-order chi connectivity index (χ1) is 10.2. The number of carbonyl (C=O) groups excluding carboxylic acids is 1. The van der Waals surface area contributed by atoms with Gasteiger partial charge in [0.25, 0.3) is 5.91 Å². The summed E-state index contributed by atoms with van der Waals surface area (Å²) >= 11 is 0. The van der Waals surface area contributed by atoms with Gasteiger partial charge in [0.15, 0.2) is 0 Å². The predicted molar refractivity (Wildman–Crippen MR) is 81.0 cm³/mol. The van der Waals surface area contributed by atoms with Crippen LogP contribution in [0.15, 0.2) is 12.3 Å². The van der Waals surface area contributed by atoms with Crippen molar-refractivity contribution >= 4 is 11.7 Å². The Kier molecular flexibility index (Phi) is 8.35. The molecular weight excluding hydrogens is 273 g/mol. The third-order valence-electron chi connectivity index (χ3n) is 2.82. The molecule has 1 rings (SSSR count). The third kappa shape index (κ3) is 6.53. The fraction of sp³-hybridized carbons (Fsp3) is 0.600. The van der Waals surface area contributed by atoms with E-state index in [1.165, 1.54) is 6.07 Å². The Morgan fingerprint density at radius 3 is 2.81 bits per heavy atom. The molecule has 0 saturated carbocycles. The Morgan fingerprint density at radius 2 is 2.10 bits per heavy atom. The van der Waals surface area contributed by atoms with Gasteiger partial charge in [-0.25, -0.2) is 9.37 Å². The Labute approximate surface area is 125 Å². The monoisotopic (exact) mass is 297 g/mol. The summed E-state index contributed by atoms with van der Waals surface area (Å²) in [6.45, 7) is 6.31. The van der Waals surface area contributed by atoms with E-state index in [1.807, 2.05) is 6.92 Å². The number of unbranched alkanes of at least 4 members (excludes halogenated alkanes) is 1. The van der Waals surface area contributed by atoms with E-state index in [9.17, 15) is 9.18 Å². The summed E-state index contributed by atoms with van der Waals surface area (Å²) in [6.07, 6.45) is 4.08. The summed E-state index contributed by atoms with van der Waals surface area (Å²) in [6, 6.07) is 1.19. The van der Waals surface area contributed by atoms with E-state index in [1.54, 1.807) is 0 Å². The first-order valence-corrected chi connectivity index (χ1v) is 7.44. The Hall–Kier alpha value is -1.69. The van der Waals surface area contributed by atoms with Gasteiger partial charge in [-0.15, -0.1) is 0 Å². The van der Waals surface area contributed by atoms with Crippen molar-refractivity contribution in [2.45, 2.75) is 33.1 Å². The second-order valence-electron chi connectivity index (χ2n) is 4.70. The van der Waals surface area contributed by atoms with Crippen LogP contribution in [-0.2, 0) is 4.74 Å². The van der Waals surface area contributed by atoms with Crippen LogP contribution in [0.4, 0.5) is 10.2 Å². The highest BCUT2D eigenvalue weighted by Crippen LogP contribution is 2.13. The van der Waals surface area contributed by atoms with Crippen molar-refractivity contribution in [3.63, 3.8) is 0 Å². The molecule has 1 aromatic heterocycles. The summed E-state index contributed by atoms with van der Waals surface area (Å²) in [5, 5.41) is 5.73. The molecule has 1 amide bonds. The van der Waals surface area contributed by atoms with Gasteiger partial charge in [0.2, 0.25) is 0 Å². The number of amides is 1. The van der Waals surface area contributed by atoms with Crippen LogP contribution in [0.1, 0.15) is 43.5 Å². The minimum Gasteiger partial charge on any atom is -0.380 e. The summed E-state index contributed by atoms with van der Waals surface area (Å²) in [4.78, 5) is 16.0. The largest absolute Gasteiger partial charge is 0.380 e. The highest BCUT2D eigenvalue weighted by molar-refractivity contribution is 5.98. The summed E-state index contributed by atoms with van der Waals surface area (Å²) in [5.41, 5.74) is 0.219. The fourth-order valence-corrected chi connectivity index (χ4v) is 1.68. The number of nitrogens with one attached hydrogen (secondary N) is 2. The number of pyridine rings is 1. The van der Waals surface area contributed by atoms with Crippen LogP contribution in [0.2, 0.25) is 0 Å². The van der Waals surface area contributed by atoms with Crippen LogP contribution < -0.4 is 10.6 Å². The van der Waals surface area contributed by atoms with E-state index in [2.05, 4.69) is 22.5 Å². The predicted octanol–water partition coefficient (Wildman–Crippen LogP) is 2.59. The molecule has 2 N–H and O–H groups in total. The van der Waals surface area contributed by atoms with Crippen molar-refractivity contribution in [1.82, 2.24) is 10.3 Å². The maximum Gasteiger partial charge on any atom is 0.255 e. The molecule has 118 valence electrons. The topological polar surface area (TPSA) is 63.2 Å². The first kappa shape index (κ1) is 17.4. The number of rotatable bonds is 10. The molecule has 0 aliphatic carbocycles. The maximum atomic E-state index is 13.3. The van der Waals surface area contributed by atoms with E-state index in [0.717, 1.165) is 25.5 Å². The van der Waals surface area contributed by atoms with E-state index in [4.69, 9.17) is 4.74 Å². The molecule has 1 aromatic rings. The van der Waals surface area contributed by atoms with Gasteiger partial charge in [0.1, 0.15) is 11.6 Å². The number of ether oxygens (including phenoxy) is 1. The molecule has 0 saturated heterocycles. The average molecular weight is 297 g/mol. The zero-order chi connectivity index (χ0) is 15.5. The van der Waals surface area contributed by atoms with E-state index in [0.29, 0.717) is 32.1 Å². The molecular formula is C15H24FN3O2. The second-order valence-corrected chi connectivity index (χ2v) is 4.70. The van der Waals surface area contributed by atoms with Crippen molar-refractivity contribution in [2.24, 2.45) is 0 Å². The lowest BCUT2D eigenvalue weighted by atomic mass is 10.2. The van der Waals surface area contributed by atoms with Crippen LogP contribution >= 0.6 is 0 Å². The number of nitrogens with zero attached hydrogens (tertiary/aromatic N) is 1. The van der Waals surface area contributed by atoms with Crippen LogP contribution in [0.3, 0.4) is 0 Å². The number of carbonyl (C=O) groups is 1. The SMILES string of the molecule is CCCCOCCNC(=O)c1cc(F)cnc1NCCC. The molecule has 0 fully saturated rings. The van der Waals surface area contributed by atoms with Crippen LogP contribution in [-0.4, -0.2) is 37.2 Å². The van der Waals surface area contributed by atoms with Crippen molar-refractivity contribution in [1.29, 1.82) is 0 Å². The number of hydrogen-bond donors (Lipinski definition) is 2. The zero-order valence-electron chi connectivity index (χ0n) is 12.7. The molecule has 0 aromatic carbocycles. The summed E-state index contributed by atoms with van der Waals surface area (Å²) in [7, 11) is 0. The van der Waals surface area contributed by atoms with Crippen LogP contribution in [0.5, 0.6) is 0 Å². The Balaban J connectivity index is 2.50. The summed E-state index contributed by atoms with van der Waals surface area (Å²) in [5.74, 6) is -0.469. The van der Waals surface area contributed by atoms with Gasteiger partial charge in [0.05, 0.1) is 18.4 Å². The van der Waals surface area contributed by atoms with Crippen molar-refractivity contribution < 1.29 is 13.9 Å². The maximum absolute atomic E-state index is 13.3. The lowest BCUT2D eigenvalue weighted by molar-refractivity contribution is 0.0913. The molecule has 0 aliphatic heterocycles. The number of aromatic nitrogens is 1.